The Morgan fingerprint density at radius 3 is 2.76 bits per heavy atom. The maximum atomic E-state index is 12.1. The fourth-order valence-corrected chi connectivity index (χ4v) is 2.49. The van der Waals surface area contributed by atoms with Gasteiger partial charge in [0.15, 0.2) is 0 Å². The van der Waals surface area contributed by atoms with Crippen LogP contribution in [0.3, 0.4) is 0 Å². The molecule has 0 radical (unpaired) electrons. The second kappa shape index (κ2) is 6.97. The maximum Gasteiger partial charge on any atom is 0.222 e. The molecule has 0 aromatic carbocycles. The first-order chi connectivity index (χ1) is 8.02. The number of piperidine rings is 1. The minimum atomic E-state index is -0.339. The lowest BCUT2D eigenvalue weighted by Crippen LogP contribution is -2.43. The lowest BCUT2D eigenvalue weighted by Gasteiger charge is -2.31. The molecule has 0 aliphatic carbocycles. The number of amides is 1. The first kappa shape index (κ1) is 14.5. The number of β-amino-alcohol motifs (C(OH)–C–C–N with tert-alkyl or cyclic N) is 1. The number of hydrogen-bond acceptors (Lipinski definition) is 3. The highest BCUT2D eigenvalue weighted by atomic mass is 16.3. The van der Waals surface area contributed by atoms with Gasteiger partial charge < -0.3 is 15.7 Å². The highest BCUT2D eigenvalue weighted by molar-refractivity contribution is 5.76. The molecule has 100 valence electrons. The van der Waals surface area contributed by atoms with Gasteiger partial charge in [-0.3, -0.25) is 4.79 Å². The summed E-state index contributed by atoms with van der Waals surface area (Å²) in [5, 5.41) is 9.55. The number of nitrogens with two attached hydrogens (primary N) is 1. The number of hydrogen-bond donors (Lipinski definition) is 2. The summed E-state index contributed by atoms with van der Waals surface area (Å²) in [5.41, 5.74) is 5.71. The molecule has 1 rings (SSSR count). The standard InChI is InChI=1S/C13H26N2O2/c1-10(2)6-11(8-14)7-13(17)15-5-3-4-12(16)9-15/h10-12,16H,3-9,14H2,1-2H3/t11-,12?/m0/s1. The number of rotatable bonds is 5. The Bertz CT molecular complexity index is 244. The zero-order valence-corrected chi connectivity index (χ0v) is 11.1. The van der Waals surface area contributed by atoms with Crippen LogP contribution in [-0.4, -0.2) is 41.7 Å². The van der Waals surface area contributed by atoms with Crippen LogP contribution in [0.4, 0.5) is 0 Å². The van der Waals surface area contributed by atoms with Gasteiger partial charge in [0.1, 0.15) is 0 Å². The highest BCUT2D eigenvalue weighted by Crippen LogP contribution is 2.18. The van der Waals surface area contributed by atoms with Crippen molar-refractivity contribution in [1.29, 1.82) is 0 Å². The van der Waals surface area contributed by atoms with E-state index in [-0.39, 0.29) is 17.9 Å². The predicted molar refractivity (Wildman–Crippen MR) is 68.4 cm³/mol. The van der Waals surface area contributed by atoms with Crippen LogP contribution in [0.2, 0.25) is 0 Å². The summed E-state index contributed by atoms with van der Waals surface area (Å²) in [5.74, 6) is 1.00. The van der Waals surface area contributed by atoms with E-state index in [0.29, 0.717) is 25.4 Å². The summed E-state index contributed by atoms with van der Waals surface area (Å²) in [6.45, 7) is 6.16. The fourth-order valence-electron chi connectivity index (χ4n) is 2.49. The van der Waals surface area contributed by atoms with E-state index in [1.54, 1.807) is 4.90 Å². The van der Waals surface area contributed by atoms with E-state index in [4.69, 9.17) is 5.73 Å². The van der Waals surface area contributed by atoms with Crippen molar-refractivity contribution in [3.63, 3.8) is 0 Å². The van der Waals surface area contributed by atoms with E-state index in [1.807, 2.05) is 0 Å². The smallest absolute Gasteiger partial charge is 0.222 e. The molecule has 0 aromatic heterocycles. The molecule has 0 saturated carbocycles. The monoisotopic (exact) mass is 242 g/mol. The first-order valence-corrected chi connectivity index (χ1v) is 6.68. The van der Waals surface area contributed by atoms with Crippen LogP contribution in [0.15, 0.2) is 0 Å². The van der Waals surface area contributed by atoms with Crippen molar-refractivity contribution in [2.24, 2.45) is 17.6 Å². The van der Waals surface area contributed by atoms with Crippen LogP contribution in [-0.2, 0) is 4.79 Å². The normalized spacial score (nSPS) is 22.9. The third-order valence-corrected chi connectivity index (χ3v) is 3.35. The third-order valence-electron chi connectivity index (χ3n) is 3.35. The van der Waals surface area contributed by atoms with Crippen LogP contribution < -0.4 is 5.73 Å². The molecule has 0 aromatic rings. The van der Waals surface area contributed by atoms with Gasteiger partial charge in [-0.15, -0.1) is 0 Å². The van der Waals surface area contributed by atoms with E-state index < -0.39 is 0 Å². The summed E-state index contributed by atoms with van der Waals surface area (Å²) in [6, 6.07) is 0. The predicted octanol–water partition coefficient (Wildman–Crippen LogP) is 0.981. The molecule has 1 amide bonds. The van der Waals surface area contributed by atoms with Gasteiger partial charge in [-0.05, 0) is 37.6 Å². The molecule has 1 saturated heterocycles. The molecular formula is C13H26N2O2. The SMILES string of the molecule is CC(C)C[C@H](CN)CC(=O)N1CCCC(O)C1. The lowest BCUT2D eigenvalue weighted by atomic mass is 9.93. The van der Waals surface area contributed by atoms with Crippen molar-refractivity contribution < 1.29 is 9.90 Å². The number of likely N-dealkylation sites (tertiary alicyclic amines) is 1. The molecular weight excluding hydrogens is 216 g/mol. The quantitative estimate of drug-likeness (QED) is 0.755. The molecule has 0 bridgehead atoms. The number of aliphatic hydroxyl groups excluding tert-OH is 1. The van der Waals surface area contributed by atoms with Gasteiger partial charge in [0.05, 0.1) is 6.10 Å². The molecule has 4 nitrogen and oxygen atoms in total. The van der Waals surface area contributed by atoms with E-state index in [0.717, 1.165) is 25.8 Å². The van der Waals surface area contributed by atoms with E-state index in [2.05, 4.69) is 13.8 Å². The van der Waals surface area contributed by atoms with Crippen LogP contribution in [0.25, 0.3) is 0 Å². The average Bonchev–Trinajstić information content (AvgIpc) is 2.27. The molecule has 1 fully saturated rings. The number of nitrogens with zero attached hydrogens (tertiary/aromatic N) is 1. The molecule has 1 unspecified atom stereocenters. The van der Waals surface area contributed by atoms with Gasteiger partial charge in [-0.2, -0.15) is 0 Å². The van der Waals surface area contributed by atoms with Gasteiger partial charge in [0.25, 0.3) is 0 Å². The van der Waals surface area contributed by atoms with Crippen molar-refractivity contribution in [1.82, 2.24) is 4.90 Å². The van der Waals surface area contributed by atoms with Crippen molar-refractivity contribution in [3.05, 3.63) is 0 Å². The van der Waals surface area contributed by atoms with Crippen molar-refractivity contribution in [2.45, 2.75) is 45.6 Å². The summed E-state index contributed by atoms with van der Waals surface area (Å²) in [6.07, 6.45) is 2.91. The summed E-state index contributed by atoms with van der Waals surface area (Å²) >= 11 is 0. The van der Waals surface area contributed by atoms with Crippen LogP contribution >= 0.6 is 0 Å². The molecule has 3 N–H and O–H groups in total. The highest BCUT2D eigenvalue weighted by Gasteiger charge is 2.24. The average molecular weight is 242 g/mol. The van der Waals surface area contributed by atoms with Gasteiger partial charge in [0, 0.05) is 19.5 Å². The topological polar surface area (TPSA) is 66.6 Å². The molecule has 2 atom stereocenters. The summed E-state index contributed by atoms with van der Waals surface area (Å²) in [7, 11) is 0. The van der Waals surface area contributed by atoms with Gasteiger partial charge in [-0.1, -0.05) is 13.8 Å². The van der Waals surface area contributed by atoms with Crippen molar-refractivity contribution >= 4 is 5.91 Å². The van der Waals surface area contributed by atoms with Gasteiger partial charge in [-0.25, -0.2) is 0 Å². The largest absolute Gasteiger partial charge is 0.391 e. The van der Waals surface area contributed by atoms with Crippen molar-refractivity contribution in [2.75, 3.05) is 19.6 Å². The molecule has 0 spiro atoms. The Hall–Kier alpha value is -0.610. The molecule has 17 heavy (non-hydrogen) atoms. The Morgan fingerprint density at radius 2 is 2.24 bits per heavy atom. The van der Waals surface area contributed by atoms with E-state index >= 15 is 0 Å². The zero-order chi connectivity index (χ0) is 12.8. The minimum absolute atomic E-state index is 0.153. The molecule has 1 aliphatic heterocycles. The van der Waals surface area contributed by atoms with Gasteiger partial charge >= 0.3 is 0 Å². The van der Waals surface area contributed by atoms with Crippen LogP contribution in [0.1, 0.15) is 39.5 Å². The maximum absolute atomic E-state index is 12.1. The lowest BCUT2D eigenvalue weighted by molar-refractivity contribution is -0.135. The Kier molecular flexibility index (Phi) is 5.92. The molecule has 4 heteroatoms. The third kappa shape index (κ3) is 5.04. The minimum Gasteiger partial charge on any atom is -0.391 e. The second-order valence-corrected chi connectivity index (χ2v) is 5.57. The Balaban J connectivity index is 2.40. The fraction of sp³-hybridized carbons (Fsp3) is 0.923. The Labute approximate surface area is 104 Å². The summed E-state index contributed by atoms with van der Waals surface area (Å²) < 4.78 is 0. The van der Waals surface area contributed by atoms with Gasteiger partial charge in [0.2, 0.25) is 5.91 Å². The molecule has 1 heterocycles. The van der Waals surface area contributed by atoms with E-state index in [1.165, 1.54) is 0 Å². The number of carbonyl (C=O) groups excluding carboxylic acids is 1. The second-order valence-electron chi connectivity index (χ2n) is 5.57. The van der Waals surface area contributed by atoms with Crippen molar-refractivity contribution in [3.8, 4) is 0 Å². The Morgan fingerprint density at radius 1 is 1.53 bits per heavy atom. The van der Waals surface area contributed by atoms with Crippen LogP contribution in [0.5, 0.6) is 0 Å². The van der Waals surface area contributed by atoms with Crippen LogP contribution in [0, 0.1) is 11.8 Å². The van der Waals surface area contributed by atoms with E-state index in [9.17, 15) is 9.90 Å². The summed E-state index contributed by atoms with van der Waals surface area (Å²) in [4.78, 5) is 13.8. The molecule has 1 aliphatic rings. The number of aliphatic hydroxyl groups is 1. The zero-order valence-electron chi connectivity index (χ0n) is 11.1. The number of carbonyl (C=O) groups is 1. The first-order valence-electron chi connectivity index (χ1n) is 6.68.